The van der Waals surface area contributed by atoms with Crippen molar-refractivity contribution in [3.8, 4) is 11.5 Å². The third-order valence-corrected chi connectivity index (χ3v) is 3.44. The van der Waals surface area contributed by atoms with E-state index in [9.17, 15) is 4.79 Å². The average molecular weight is 295 g/mol. The fourth-order valence-corrected chi connectivity index (χ4v) is 2.23. The molecule has 0 N–H and O–H groups in total. The second-order valence-corrected chi connectivity index (χ2v) is 4.60. The second-order valence-electron chi connectivity index (χ2n) is 4.24. The third kappa shape index (κ3) is 2.63. The molecule has 0 aliphatic carbocycles. The van der Waals surface area contributed by atoms with E-state index in [0.717, 1.165) is 5.56 Å². The Morgan fingerprint density at radius 1 is 1.35 bits per heavy atom. The zero-order chi connectivity index (χ0) is 14.7. The van der Waals surface area contributed by atoms with Gasteiger partial charge in [-0.25, -0.2) is 4.68 Å². The molecule has 106 valence electrons. The van der Waals surface area contributed by atoms with Gasteiger partial charge in [-0.2, -0.15) is 5.10 Å². The van der Waals surface area contributed by atoms with Crippen LogP contribution in [0.15, 0.2) is 18.2 Å². The number of halogens is 1. The van der Waals surface area contributed by atoms with Crippen LogP contribution in [0.3, 0.4) is 0 Å². The van der Waals surface area contributed by atoms with Gasteiger partial charge < -0.3 is 9.47 Å². The maximum atomic E-state index is 10.9. The van der Waals surface area contributed by atoms with Gasteiger partial charge in [-0.15, -0.1) is 0 Å². The van der Waals surface area contributed by atoms with Crippen LogP contribution in [0.25, 0.3) is 0 Å². The van der Waals surface area contributed by atoms with E-state index in [-0.39, 0.29) is 0 Å². The van der Waals surface area contributed by atoms with Crippen molar-refractivity contribution in [3.05, 3.63) is 40.2 Å². The highest BCUT2D eigenvalue weighted by Gasteiger charge is 2.14. The topological polar surface area (TPSA) is 53.4 Å². The molecule has 2 aromatic rings. The Morgan fingerprint density at radius 2 is 2.10 bits per heavy atom. The number of carbonyl (C=O) groups excluding carboxylic acids is 1. The van der Waals surface area contributed by atoms with Crippen molar-refractivity contribution in [1.29, 1.82) is 0 Å². The van der Waals surface area contributed by atoms with E-state index in [4.69, 9.17) is 21.1 Å². The zero-order valence-corrected chi connectivity index (χ0v) is 12.3. The van der Waals surface area contributed by atoms with Gasteiger partial charge in [0.2, 0.25) is 0 Å². The van der Waals surface area contributed by atoms with E-state index in [0.29, 0.717) is 40.7 Å². The first-order chi connectivity index (χ1) is 9.60. The quantitative estimate of drug-likeness (QED) is 0.796. The molecule has 2 rings (SSSR count). The summed E-state index contributed by atoms with van der Waals surface area (Å²) in [7, 11) is 3.18. The van der Waals surface area contributed by atoms with Gasteiger partial charge in [-0.05, 0) is 19.1 Å². The lowest BCUT2D eigenvalue weighted by Gasteiger charge is -2.11. The molecule has 1 aromatic heterocycles. The zero-order valence-electron chi connectivity index (χ0n) is 11.5. The number of nitrogens with zero attached hydrogens (tertiary/aromatic N) is 2. The van der Waals surface area contributed by atoms with Crippen molar-refractivity contribution < 1.29 is 14.3 Å². The van der Waals surface area contributed by atoms with E-state index >= 15 is 0 Å². The summed E-state index contributed by atoms with van der Waals surface area (Å²) >= 11 is 6.14. The van der Waals surface area contributed by atoms with Crippen LogP contribution in [-0.4, -0.2) is 30.3 Å². The van der Waals surface area contributed by atoms with Crippen molar-refractivity contribution in [1.82, 2.24) is 9.78 Å². The summed E-state index contributed by atoms with van der Waals surface area (Å²) in [4.78, 5) is 10.9. The highest BCUT2D eigenvalue weighted by Crippen LogP contribution is 2.27. The van der Waals surface area contributed by atoms with E-state index in [2.05, 4.69) is 5.10 Å². The number of aromatic nitrogens is 2. The molecule has 6 heteroatoms. The number of rotatable bonds is 5. The molecule has 20 heavy (non-hydrogen) atoms. The normalized spacial score (nSPS) is 10.4. The van der Waals surface area contributed by atoms with E-state index in [1.54, 1.807) is 31.9 Å². The predicted molar refractivity (Wildman–Crippen MR) is 76.0 cm³/mol. The summed E-state index contributed by atoms with van der Waals surface area (Å²) in [6.07, 6.45) is 0.715. The monoisotopic (exact) mass is 294 g/mol. The van der Waals surface area contributed by atoms with Gasteiger partial charge >= 0.3 is 0 Å². The number of benzene rings is 1. The summed E-state index contributed by atoms with van der Waals surface area (Å²) in [6.45, 7) is 2.16. The molecule has 0 bridgehead atoms. The SMILES string of the molecule is COc1ccc(Cn2nc(C)c(C=O)c2Cl)c(OC)c1. The van der Waals surface area contributed by atoms with Crippen LogP contribution in [-0.2, 0) is 6.54 Å². The molecular weight excluding hydrogens is 280 g/mol. The van der Waals surface area contributed by atoms with Crippen molar-refractivity contribution in [2.75, 3.05) is 14.2 Å². The number of carbonyl (C=O) groups is 1. The van der Waals surface area contributed by atoms with Gasteiger partial charge in [-0.3, -0.25) is 4.79 Å². The Kier molecular flexibility index (Phi) is 4.29. The van der Waals surface area contributed by atoms with Gasteiger partial charge in [0, 0.05) is 11.6 Å². The third-order valence-electron chi connectivity index (χ3n) is 3.04. The number of aldehydes is 1. The number of ether oxygens (including phenoxy) is 2. The summed E-state index contributed by atoms with van der Waals surface area (Å²) in [6, 6.07) is 5.51. The number of hydrogen-bond donors (Lipinski definition) is 0. The Hall–Kier alpha value is -2.01. The average Bonchev–Trinajstić information content (AvgIpc) is 2.73. The lowest BCUT2D eigenvalue weighted by Crippen LogP contribution is -2.04. The van der Waals surface area contributed by atoms with Gasteiger partial charge in [0.15, 0.2) is 6.29 Å². The fourth-order valence-electron chi connectivity index (χ4n) is 1.95. The summed E-state index contributed by atoms with van der Waals surface area (Å²) in [5.74, 6) is 1.39. The Morgan fingerprint density at radius 3 is 2.65 bits per heavy atom. The molecular formula is C14H15ClN2O3. The van der Waals surface area contributed by atoms with Gasteiger partial charge in [0.25, 0.3) is 0 Å². The number of aryl methyl sites for hydroxylation is 1. The van der Waals surface area contributed by atoms with Crippen LogP contribution in [0, 0.1) is 6.92 Å². The lowest BCUT2D eigenvalue weighted by atomic mass is 10.2. The van der Waals surface area contributed by atoms with Gasteiger partial charge in [0.1, 0.15) is 16.7 Å². The molecule has 0 fully saturated rings. The molecule has 0 atom stereocenters. The van der Waals surface area contributed by atoms with Crippen molar-refractivity contribution in [2.24, 2.45) is 0 Å². The van der Waals surface area contributed by atoms with Crippen LogP contribution in [0.2, 0.25) is 5.15 Å². The minimum atomic E-state index is 0.329. The first kappa shape index (κ1) is 14.4. The second kappa shape index (κ2) is 5.96. The van der Waals surface area contributed by atoms with Crippen LogP contribution in [0.1, 0.15) is 21.6 Å². The molecule has 0 radical (unpaired) electrons. The van der Waals surface area contributed by atoms with Crippen LogP contribution < -0.4 is 9.47 Å². The highest BCUT2D eigenvalue weighted by atomic mass is 35.5. The highest BCUT2D eigenvalue weighted by molar-refractivity contribution is 6.32. The van der Waals surface area contributed by atoms with Crippen LogP contribution >= 0.6 is 11.6 Å². The van der Waals surface area contributed by atoms with Crippen molar-refractivity contribution >= 4 is 17.9 Å². The number of methoxy groups -OCH3 is 2. The molecule has 1 aromatic carbocycles. The minimum Gasteiger partial charge on any atom is -0.497 e. The molecule has 0 saturated heterocycles. The molecule has 0 aliphatic rings. The Balaban J connectivity index is 2.37. The summed E-state index contributed by atoms with van der Waals surface area (Å²) in [5.41, 5.74) is 1.92. The maximum Gasteiger partial charge on any atom is 0.155 e. The minimum absolute atomic E-state index is 0.329. The lowest BCUT2D eigenvalue weighted by molar-refractivity contribution is 0.112. The first-order valence-electron chi connectivity index (χ1n) is 5.99. The Bertz CT molecular complexity index is 638. The fraction of sp³-hybridized carbons (Fsp3) is 0.286. The van der Waals surface area contributed by atoms with Crippen molar-refractivity contribution in [3.63, 3.8) is 0 Å². The molecule has 0 unspecified atom stereocenters. The number of hydrogen-bond acceptors (Lipinski definition) is 4. The molecule has 0 aliphatic heterocycles. The Labute approximate surface area is 122 Å². The van der Waals surface area contributed by atoms with Crippen LogP contribution in [0.5, 0.6) is 11.5 Å². The van der Waals surface area contributed by atoms with E-state index in [1.807, 2.05) is 12.1 Å². The predicted octanol–water partition coefficient (Wildman–Crippen LogP) is 2.72. The molecule has 0 saturated carbocycles. The van der Waals surface area contributed by atoms with Crippen LogP contribution in [0.4, 0.5) is 0 Å². The summed E-state index contributed by atoms with van der Waals surface area (Å²) in [5, 5.41) is 4.59. The van der Waals surface area contributed by atoms with E-state index < -0.39 is 0 Å². The van der Waals surface area contributed by atoms with Gasteiger partial charge in [-0.1, -0.05) is 11.6 Å². The maximum absolute atomic E-state index is 10.9. The molecule has 1 heterocycles. The smallest absolute Gasteiger partial charge is 0.155 e. The van der Waals surface area contributed by atoms with E-state index in [1.165, 1.54) is 0 Å². The molecule has 0 amide bonds. The molecule has 0 spiro atoms. The standard InChI is InChI=1S/C14H15ClN2O3/c1-9-12(8-18)14(15)17(16-9)7-10-4-5-11(19-2)6-13(10)20-3/h4-6,8H,7H2,1-3H3. The van der Waals surface area contributed by atoms with Crippen molar-refractivity contribution in [2.45, 2.75) is 13.5 Å². The summed E-state index contributed by atoms with van der Waals surface area (Å²) < 4.78 is 12.1. The first-order valence-corrected chi connectivity index (χ1v) is 6.37. The van der Waals surface area contributed by atoms with Gasteiger partial charge in [0.05, 0.1) is 32.0 Å². The molecule has 5 nitrogen and oxygen atoms in total. The largest absolute Gasteiger partial charge is 0.497 e.